The first-order valence-corrected chi connectivity index (χ1v) is 9.81. The average Bonchev–Trinajstić information content (AvgIpc) is 3.47. The van der Waals surface area contributed by atoms with E-state index in [4.69, 9.17) is 0 Å². The minimum absolute atomic E-state index is 0.182. The molecule has 1 aliphatic heterocycles. The standard InChI is InChI=1S/C21H30N2O2/c1-2-3-5-17-6-8-18(9-7-17)16-20(24)22-12-4-13-23(15-14-22)21(25)19-10-11-19/h6-9,19H,2-5,10-16H2,1H3. The second-order valence-corrected chi connectivity index (χ2v) is 7.43. The molecule has 136 valence electrons. The minimum atomic E-state index is 0.182. The molecule has 25 heavy (non-hydrogen) atoms. The van der Waals surface area contributed by atoms with E-state index in [9.17, 15) is 9.59 Å². The van der Waals surface area contributed by atoms with Crippen LogP contribution in [0.5, 0.6) is 0 Å². The van der Waals surface area contributed by atoms with Crippen molar-refractivity contribution in [1.29, 1.82) is 0 Å². The van der Waals surface area contributed by atoms with Crippen molar-refractivity contribution < 1.29 is 9.59 Å². The van der Waals surface area contributed by atoms with E-state index in [1.165, 1.54) is 18.4 Å². The molecule has 2 aliphatic rings. The van der Waals surface area contributed by atoms with E-state index in [0.29, 0.717) is 25.4 Å². The lowest BCUT2D eigenvalue weighted by Crippen LogP contribution is -2.38. The molecule has 1 saturated carbocycles. The number of carbonyl (C=O) groups excluding carboxylic acids is 2. The zero-order valence-electron chi connectivity index (χ0n) is 15.4. The number of amides is 2. The Kier molecular flexibility index (Phi) is 6.11. The van der Waals surface area contributed by atoms with Gasteiger partial charge in [-0.05, 0) is 43.2 Å². The molecule has 0 radical (unpaired) electrons. The number of unbranched alkanes of at least 4 members (excludes halogenated alkanes) is 1. The topological polar surface area (TPSA) is 40.6 Å². The average molecular weight is 342 g/mol. The molecule has 3 rings (SSSR count). The number of carbonyl (C=O) groups is 2. The summed E-state index contributed by atoms with van der Waals surface area (Å²) in [7, 11) is 0. The van der Waals surface area contributed by atoms with Crippen LogP contribution in [0.1, 0.15) is 50.2 Å². The van der Waals surface area contributed by atoms with Crippen molar-refractivity contribution >= 4 is 11.8 Å². The summed E-state index contributed by atoms with van der Waals surface area (Å²) >= 11 is 0. The molecule has 1 aromatic rings. The molecular weight excluding hydrogens is 312 g/mol. The molecule has 1 saturated heterocycles. The maximum absolute atomic E-state index is 12.6. The number of rotatable bonds is 6. The number of benzene rings is 1. The highest BCUT2D eigenvalue weighted by Gasteiger charge is 2.34. The zero-order chi connectivity index (χ0) is 17.6. The van der Waals surface area contributed by atoms with Crippen LogP contribution in [0.25, 0.3) is 0 Å². The molecule has 1 aliphatic carbocycles. The highest BCUT2D eigenvalue weighted by Crippen LogP contribution is 2.31. The highest BCUT2D eigenvalue weighted by molar-refractivity contribution is 5.81. The van der Waals surface area contributed by atoms with E-state index >= 15 is 0 Å². The van der Waals surface area contributed by atoms with E-state index in [-0.39, 0.29) is 11.8 Å². The fourth-order valence-corrected chi connectivity index (χ4v) is 3.47. The van der Waals surface area contributed by atoms with E-state index in [0.717, 1.165) is 44.3 Å². The Bertz CT molecular complexity index is 592. The predicted molar refractivity (Wildman–Crippen MR) is 99.3 cm³/mol. The zero-order valence-corrected chi connectivity index (χ0v) is 15.4. The number of aryl methyl sites for hydroxylation is 1. The van der Waals surface area contributed by atoms with Gasteiger partial charge in [-0.2, -0.15) is 0 Å². The third-order valence-electron chi connectivity index (χ3n) is 5.28. The van der Waals surface area contributed by atoms with E-state index in [2.05, 4.69) is 31.2 Å². The summed E-state index contributed by atoms with van der Waals surface area (Å²) in [5.41, 5.74) is 2.43. The lowest BCUT2D eigenvalue weighted by Gasteiger charge is -2.22. The normalized spacial score (nSPS) is 18.1. The van der Waals surface area contributed by atoms with Crippen molar-refractivity contribution in [1.82, 2.24) is 9.80 Å². The second kappa shape index (κ2) is 8.50. The molecule has 0 atom stereocenters. The summed E-state index contributed by atoms with van der Waals surface area (Å²) in [6, 6.07) is 8.47. The van der Waals surface area contributed by atoms with Crippen molar-refractivity contribution in [3.8, 4) is 0 Å². The van der Waals surface area contributed by atoms with Crippen LogP contribution in [0.15, 0.2) is 24.3 Å². The Balaban J connectivity index is 1.49. The molecule has 0 spiro atoms. The van der Waals surface area contributed by atoms with Gasteiger partial charge >= 0.3 is 0 Å². The largest absolute Gasteiger partial charge is 0.341 e. The molecule has 1 aromatic carbocycles. The molecular formula is C21H30N2O2. The van der Waals surface area contributed by atoms with Crippen molar-refractivity contribution in [2.24, 2.45) is 5.92 Å². The molecule has 1 heterocycles. The fourth-order valence-electron chi connectivity index (χ4n) is 3.47. The van der Waals surface area contributed by atoms with Gasteiger partial charge in [0.05, 0.1) is 6.42 Å². The Labute approximate surface area is 151 Å². The number of hydrogen-bond donors (Lipinski definition) is 0. The van der Waals surface area contributed by atoms with Gasteiger partial charge in [0.2, 0.25) is 11.8 Å². The molecule has 0 bridgehead atoms. The third kappa shape index (κ3) is 5.07. The first-order valence-electron chi connectivity index (χ1n) is 9.81. The van der Waals surface area contributed by atoms with Crippen molar-refractivity contribution in [3.63, 3.8) is 0 Å². The minimum Gasteiger partial charge on any atom is -0.341 e. The Morgan fingerprint density at radius 1 is 0.960 bits per heavy atom. The molecule has 4 nitrogen and oxygen atoms in total. The molecule has 4 heteroatoms. The van der Waals surface area contributed by atoms with Gasteiger partial charge in [-0.3, -0.25) is 9.59 Å². The SMILES string of the molecule is CCCCc1ccc(CC(=O)N2CCCN(C(=O)C3CC3)CC2)cc1. The molecule has 0 aromatic heterocycles. The second-order valence-electron chi connectivity index (χ2n) is 7.43. The lowest BCUT2D eigenvalue weighted by molar-refractivity contribution is -0.134. The van der Waals surface area contributed by atoms with Crippen LogP contribution >= 0.6 is 0 Å². The number of hydrogen-bond acceptors (Lipinski definition) is 2. The first kappa shape index (κ1) is 18.0. The van der Waals surface area contributed by atoms with Crippen LogP contribution < -0.4 is 0 Å². The highest BCUT2D eigenvalue weighted by atomic mass is 16.2. The summed E-state index contributed by atoms with van der Waals surface area (Å²) in [5.74, 6) is 0.757. The van der Waals surface area contributed by atoms with Crippen LogP contribution in [0.2, 0.25) is 0 Å². The van der Waals surface area contributed by atoms with Gasteiger partial charge in [-0.15, -0.1) is 0 Å². The maximum atomic E-state index is 12.6. The Morgan fingerprint density at radius 3 is 2.28 bits per heavy atom. The quantitative estimate of drug-likeness (QED) is 0.797. The Morgan fingerprint density at radius 2 is 1.60 bits per heavy atom. The van der Waals surface area contributed by atoms with Crippen molar-refractivity contribution in [2.75, 3.05) is 26.2 Å². The third-order valence-corrected chi connectivity index (χ3v) is 5.28. The van der Waals surface area contributed by atoms with Gasteiger partial charge in [-0.1, -0.05) is 37.6 Å². The van der Waals surface area contributed by atoms with Crippen LogP contribution in [-0.2, 0) is 22.4 Å². The summed E-state index contributed by atoms with van der Waals surface area (Å²) in [6.45, 7) is 5.13. The van der Waals surface area contributed by atoms with Crippen LogP contribution in [0, 0.1) is 5.92 Å². The summed E-state index contributed by atoms with van der Waals surface area (Å²) < 4.78 is 0. The van der Waals surface area contributed by atoms with Crippen molar-refractivity contribution in [3.05, 3.63) is 35.4 Å². The van der Waals surface area contributed by atoms with Gasteiger partial charge < -0.3 is 9.80 Å². The molecule has 2 fully saturated rings. The van der Waals surface area contributed by atoms with Gasteiger partial charge in [0, 0.05) is 32.1 Å². The van der Waals surface area contributed by atoms with Crippen LogP contribution in [0.3, 0.4) is 0 Å². The monoisotopic (exact) mass is 342 g/mol. The Hall–Kier alpha value is -1.84. The lowest BCUT2D eigenvalue weighted by atomic mass is 10.0. The molecule has 0 N–H and O–H groups in total. The summed E-state index contributed by atoms with van der Waals surface area (Å²) in [5, 5.41) is 0. The molecule has 2 amide bonds. The van der Waals surface area contributed by atoms with Crippen molar-refractivity contribution in [2.45, 2.75) is 51.9 Å². The van der Waals surface area contributed by atoms with Crippen LogP contribution in [0.4, 0.5) is 0 Å². The summed E-state index contributed by atoms with van der Waals surface area (Å²) in [4.78, 5) is 28.7. The molecule has 0 unspecified atom stereocenters. The predicted octanol–water partition coefficient (Wildman–Crippen LogP) is 3.04. The van der Waals surface area contributed by atoms with Crippen LogP contribution in [-0.4, -0.2) is 47.8 Å². The fraction of sp³-hybridized carbons (Fsp3) is 0.619. The van der Waals surface area contributed by atoms with Gasteiger partial charge in [-0.25, -0.2) is 0 Å². The van der Waals surface area contributed by atoms with E-state index < -0.39 is 0 Å². The smallest absolute Gasteiger partial charge is 0.227 e. The first-order chi connectivity index (χ1) is 12.2. The maximum Gasteiger partial charge on any atom is 0.227 e. The summed E-state index contributed by atoms with van der Waals surface area (Å²) in [6.07, 6.45) is 6.97. The van der Waals surface area contributed by atoms with E-state index in [1.807, 2.05) is 9.80 Å². The van der Waals surface area contributed by atoms with Gasteiger partial charge in [0.15, 0.2) is 0 Å². The van der Waals surface area contributed by atoms with Gasteiger partial charge in [0.25, 0.3) is 0 Å². The van der Waals surface area contributed by atoms with E-state index in [1.54, 1.807) is 0 Å². The van der Waals surface area contributed by atoms with Gasteiger partial charge in [0.1, 0.15) is 0 Å². The number of nitrogens with zero attached hydrogens (tertiary/aromatic N) is 2.